The van der Waals surface area contributed by atoms with E-state index in [1.165, 1.54) is 0 Å². The zero-order valence-electron chi connectivity index (χ0n) is 10.7. The molecule has 0 spiro atoms. The molecule has 0 rings (SSSR count). The Morgan fingerprint density at radius 2 is 0.750 bits per heavy atom. The fourth-order valence-corrected chi connectivity index (χ4v) is 0. The van der Waals surface area contributed by atoms with Crippen molar-refractivity contribution in [3.05, 3.63) is 50.6 Å². The fourth-order valence-electron chi connectivity index (χ4n) is 0. The molecule has 112 valence electrons. The molecule has 0 atom stereocenters. The minimum atomic E-state index is -0.981. The first-order valence-corrected chi connectivity index (χ1v) is 4.56. The molecule has 5 N–H and O–H groups in total. The normalized spacial score (nSPS) is 6.40. The van der Waals surface area contributed by atoms with Gasteiger partial charge < -0.3 is 21.1 Å². The minimum absolute atomic E-state index is 0.481. The summed E-state index contributed by atoms with van der Waals surface area (Å²) in [5.74, 6) is -3.43. The van der Waals surface area contributed by atoms with E-state index in [-0.39, 0.29) is 0 Å². The number of carbonyl (C=O) groups excluding carboxylic acids is 1. The van der Waals surface area contributed by atoms with Gasteiger partial charge in [-0.15, -0.1) is 0 Å². The van der Waals surface area contributed by atoms with Crippen LogP contribution in [0.4, 0.5) is 0 Å². The van der Waals surface area contributed by atoms with Gasteiger partial charge in [0.25, 0.3) is 0 Å². The van der Waals surface area contributed by atoms with Crippen LogP contribution >= 0.6 is 0 Å². The number of rotatable bonds is 4. The number of hydrogen-bond donors (Lipinski definition) is 4. The van der Waals surface area contributed by atoms with Crippen molar-refractivity contribution in [1.82, 2.24) is 0 Å². The first kappa shape index (κ1) is 25.6. The average molecular weight is 287 g/mol. The zero-order chi connectivity index (χ0) is 17.1. The molecule has 0 bridgehead atoms. The average Bonchev–Trinajstić information content (AvgIpc) is 2.40. The second kappa shape index (κ2) is 21.2. The molecule has 0 aliphatic carbocycles. The Bertz CT molecular complexity index is 300. The van der Waals surface area contributed by atoms with E-state index < -0.39 is 23.8 Å². The van der Waals surface area contributed by atoms with Crippen molar-refractivity contribution in [2.45, 2.75) is 0 Å². The van der Waals surface area contributed by atoms with Gasteiger partial charge in [0, 0.05) is 18.2 Å². The number of primary amides is 1. The van der Waals surface area contributed by atoms with E-state index in [1.807, 2.05) is 0 Å². The second-order valence-corrected chi connectivity index (χ2v) is 2.23. The fraction of sp³-hybridized carbons (Fsp3) is 0. The van der Waals surface area contributed by atoms with Gasteiger partial charge in [-0.3, -0.25) is 4.79 Å². The summed E-state index contributed by atoms with van der Waals surface area (Å²) in [6.07, 6.45) is 3.56. The van der Waals surface area contributed by atoms with Crippen molar-refractivity contribution in [3.8, 4) is 0 Å². The van der Waals surface area contributed by atoms with Crippen molar-refractivity contribution in [2.24, 2.45) is 5.73 Å². The van der Waals surface area contributed by atoms with Gasteiger partial charge >= 0.3 is 17.9 Å². The molecule has 8 nitrogen and oxygen atoms in total. The number of carboxylic acids is 3. The summed E-state index contributed by atoms with van der Waals surface area (Å²) < 4.78 is 0. The second-order valence-electron chi connectivity index (χ2n) is 2.23. The van der Waals surface area contributed by atoms with E-state index in [2.05, 4.69) is 32.0 Å². The van der Waals surface area contributed by atoms with E-state index in [9.17, 15) is 19.2 Å². The Morgan fingerprint density at radius 3 is 0.750 bits per heavy atom. The van der Waals surface area contributed by atoms with Gasteiger partial charge in [0.05, 0.1) is 0 Å². The van der Waals surface area contributed by atoms with Gasteiger partial charge in [0.1, 0.15) is 0 Å². The van der Waals surface area contributed by atoms with Gasteiger partial charge in [0.15, 0.2) is 0 Å². The molecule has 0 heterocycles. The molecule has 0 aromatic carbocycles. The van der Waals surface area contributed by atoms with Gasteiger partial charge in [-0.25, -0.2) is 14.4 Å². The maximum Gasteiger partial charge on any atom is 0.327 e. The predicted molar refractivity (Wildman–Crippen MR) is 72.9 cm³/mol. The Labute approximate surface area is 115 Å². The lowest BCUT2D eigenvalue weighted by molar-refractivity contribution is -0.132. The zero-order valence-corrected chi connectivity index (χ0v) is 10.7. The highest BCUT2D eigenvalue weighted by Gasteiger charge is 1.74. The van der Waals surface area contributed by atoms with Crippen LogP contribution < -0.4 is 5.73 Å². The van der Waals surface area contributed by atoms with Crippen molar-refractivity contribution in [3.63, 3.8) is 0 Å². The summed E-state index contributed by atoms with van der Waals surface area (Å²) in [7, 11) is 0. The molecule has 0 fully saturated rings. The van der Waals surface area contributed by atoms with Crippen LogP contribution in [0.5, 0.6) is 0 Å². The highest BCUT2D eigenvalue weighted by molar-refractivity contribution is 5.85. The Hall–Kier alpha value is -3.16. The highest BCUT2D eigenvalue weighted by Crippen LogP contribution is 1.55. The van der Waals surface area contributed by atoms with E-state index in [4.69, 9.17) is 15.3 Å². The number of carbonyl (C=O) groups is 4. The van der Waals surface area contributed by atoms with Crippen molar-refractivity contribution < 1.29 is 34.5 Å². The molecule has 0 aromatic rings. The highest BCUT2D eigenvalue weighted by atomic mass is 16.4. The molecule has 0 saturated heterocycles. The lowest BCUT2D eigenvalue weighted by Gasteiger charge is -1.65. The Kier molecular flexibility index (Phi) is 27.1. The summed E-state index contributed by atoms with van der Waals surface area (Å²) in [6, 6.07) is 0. The predicted octanol–water partition coefficient (Wildman–Crippen LogP) is 0.429. The van der Waals surface area contributed by atoms with E-state index in [0.717, 1.165) is 24.3 Å². The van der Waals surface area contributed by atoms with E-state index in [0.29, 0.717) is 0 Å². The third kappa shape index (κ3) is 121. The van der Waals surface area contributed by atoms with Gasteiger partial charge in [-0.05, 0) is 6.08 Å². The molecular formula is C12H17NO7. The van der Waals surface area contributed by atoms with Crippen LogP contribution in [0.1, 0.15) is 0 Å². The first-order chi connectivity index (χ1) is 9.08. The van der Waals surface area contributed by atoms with Crippen LogP contribution in [0.15, 0.2) is 50.6 Å². The topological polar surface area (TPSA) is 155 Å². The summed E-state index contributed by atoms with van der Waals surface area (Å²) in [5, 5.41) is 22.8. The van der Waals surface area contributed by atoms with Crippen molar-refractivity contribution in [2.75, 3.05) is 0 Å². The van der Waals surface area contributed by atoms with E-state index >= 15 is 0 Å². The third-order valence-corrected chi connectivity index (χ3v) is 0.725. The Morgan fingerprint density at radius 1 is 0.650 bits per heavy atom. The molecular weight excluding hydrogens is 270 g/mol. The molecule has 1 amide bonds. The van der Waals surface area contributed by atoms with Crippen LogP contribution in [-0.4, -0.2) is 39.1 Å². The number of hydrogen-bond acceptors (Lipinski definition) is 4. The quantitative estimate of drug-likeness (QED) is 0.546. The van der Waals surface area contributed by atoms with Crippen LogP contribution in [-0.2, 0) is 19.2 Å². The molecule has 20 heavy (non-hydrogen) atoms. The first-order valence-electron chi connectivity index (χ1n) is 4.56. The van der Waals surface area contributed by atoms with Crippen LogP contribution in [0, 0.1) is 0 Å². The lowest BCUT2D eigenvalue weighted by Crippen LogP contribution is -2.04. The van der Waals surface area contributed by atoms with Gasteiger partial charge in [-0.1, -0.05) is 26.3 Å². The van der Waals surface area contributed by atoms with Crippen LogP contribution in [0.25, 0.3) is 0 Å². The van der Waals surface area contributed by atoms with Crippen molar-refractivity contribution >= 4 is 23.8 Å². The van der Waals surface area contributed by atoms with E-state index in [1.54, 1.807) is 0 Å². The molecule has 0 radical (unpaired) electrons. The third-order valence-electron chi connectivity index (χ3n) is 0.725. The smallest absolute Gasteiger partial charge is 0.327 e. The minimum Gasteiger partial charge on any atom is -0.478 e. The van der Waals surface area contributed by atoms with Crippen molar-refractivity contribution in [1.29, 1.82) is 0 Å². The number of carboxylic acid groups (broad SMARTS) is 3. The lowest BCUT2D eigenvalue weighted by atomic mass is 10.6. The number of nitrogens with two attached hydrogens (primary N) is 1. The summed E-state index contributed by atoms with van der Waals surface area (Å²) in [6.45, 7) is 12.0. The largest absolute Gasteiger partial charge is 0.478 e. The maximum atomic E-state index is 9.47. The van der Waals surface area contributed by atoms with Crippen LogP contribution in [0.2, 0.25) is 0 Å². The summed E-state index contributed by atoms with van der Waals surface area (Å²) >= 11 is 0. The Balaban J connectivity index is -0.0000000853. The molecule has 0 unspecified atom stereocenters. The SMILES string of the molecule is C=CC(=O)O.C=CC(=O)O.C=CC(=O)O.C=CC(N)=O. The monoisotopic (exact) mass is 287 g/mol. The standard InChI is InChI=1S/C3H5NO.3C3H4O2/c4*1-2-3(4)5/h2H,1H2,(H2,4,5);3*2H,1H2,(H,4,5). The molecule has 8 heteroatoms. The number of amides is 1. The van der Waals surface area contributed by atoms with Gasteiger partial charge in [-0.2, -0.15) is 0 Å². The maximum absolute atomic E-state index is 9.47. The van der Waals surface area contributed by atoms with Gasteiger partial charge in [0.2, 0.25) is 5.91 Å². The summed E-state index contributed by atoms with van der Waals surface area (Å²) in [5.41, 5.74) is 4.53. The molecule has 0 aliphatic heterocycles. The van der Waals surface area contributed by atoms with Crippen LogP contribution in [0.3, 0.4) is 0 Å². The summed E-state index contributed by atoms with van der Waals surface area (Å²) in [4.78, 5) is 37.2. The molecule has 0 saturated carbocycles. The number of aliphatic carboxylic acids is 3. The molecule has 0 aromatic heterocycles. The molecule has 0 aliphatic rings.